The maximum atomic E-state index is 11.7. The molecule has 1 N–H and O–H groups in total. The Kier molecular flexibility index (Phi) is 2.33. The summed E-state index contributed by atoms with van der Waals surface area (Å²) in [5.74, 6) is 0.0468. The van der Waals surface area contributed by atoms with Crippen LogP contribution in [0.3, 0.4) is 0 Å². The first-order chi connectivity index (χ1) is 6.59. The van der Waals surface area contributed by atoms with Crippen LogP contribution >= 0.6 is 0 Å². The van der Waals surface area contributed by atoms with E-state index in [0.717, 1.165) is 5.56 Å². The van der Waals surface area contributed by atoms with Gasteiger partial charge in [-0.25, -0.2) is 8.42 Å². The minimum absolute atomic E-state index is 0.0468. The molecule has 1 aromatic rings. The van der Waals surface area contributed by atoms with Crippen LogP contribution in [-0.2, 0) is 16.3 Å². The van der Waals surface area contributed by atoms with E-state index in [1.165, 1.54) is 0 Å². The highest BCUT2D eigenvalue weighted by atomic mass is 32.2. The summed E-state index contributed by atoms with van der Waals surface area (Å²) in [5.41, 5.74) is 0.734. The van der Waals surface area contributed by atoms with Crippen molar-refractivity contribution in [3.63, 3.8) is 0 Å². The van der Waals surface area contributed by atoms with Crippen LogP contribution in [0.4, 0.5) is 0 Å². The number of hydrogen-bond acceptors (Lipinski definition) is 3. The quantitative estimate of drug-likeness (QED) is 0.691. The second kappa shape index (κ2) is 3.37. The lowest BCUT2D eigenvalue weighted by Gasteiger charge is -2.05. The average Bonchev–Trinajstić information content (AvgIpc) is 2.25. The van der Waals surface area contributed by atoms with Gasteiger partial charge in [0.1, 0.15) is 0 Å². The van der Waals surface area contributed by atoms with Gasteiger partial charge < -0.3 is 5.11 Å². The standard InChI is InChI=1S/C10H12O3S/c11-9-5-6-14(12,13)10-4-2-1-3-8(10)7-9/h1-4,9,11H,5-7H2. The second-order valence-electron chi connectivity index (χ2n) is 3.57. The van der Waals surface area contributed by atoms with E-state index in [-0.39, 0.29) is 5.75 Å². The van der Waals surface area contributed by atoms with Crippen LogP contribution in [-0.4, -0.2) is 25.4 Å². The summed E-state index contributed by atoms with van der Waals surface area (Å²) in [5, 5.41) is 9.50. The summed E-state index contributed by atoms with van der Waals surface area (Å²) in [6.07, 6.45) is 0.236. The maximum Gasteiger partial charge on any atom is 0.178 e. The van der Waals surface area contributed by atoms with Crippen molar-refractivity contribution in [2.24, 2.45) is 0 Å². The molecule has 1 aliphatic rings. The topological polar surface area (TPSA) is 54.4 Å². The molecule has 1 aromatic carbocycles. The van der Waals surface area contributed by atoms with Gasteiger partial charge in [-0.05, 0) is 24.5 Å². The molecule has 4 heteroatoms. The predicted octanol–water partition coefficient (Wildman–Crippen LogP) is 0.767. The van der Waals surface area contributed by atoms with Crippen LogP contribution in [0.25, 0.3) is 0 Å². The molecule has 0 amide bonds. The van der Waals surface area contributed by atoms with Crippen LogP contribution in [0.5, 0.6) is 0 Å². The van der Waals surface area contributed by atoms with Gasteiger partial charge >= 0.3 is 0 Å². The highest BCUT2D eigenvalue weighted by Crippen LogP contribution is 2.23. The molecular weight excluding hydrogens is 200 g/mol. The maximum absolute atomic E-state index is 11.7. The van der Waals surface area contributed by atoms with Crippen LogP contribution in [0, 0.1) is 0 Å². The molecule has 3 nitrogen and oxygen atoms in total. The zero-order valence-corrected chi connectivity index (χ0v) is 8.50. The van der Waals surface area contributed by atoms with Gasteiger partial charge in [-0.2, -0.15) is 0 Å². The minimum Gasteiger partial charge on any atom is -0.393 e. The number of aliphatic hydroxyl groups is 1. The molecule has 0 fully saturated rings. The highest BCUT2D eigenvalue weighted by molar-refractivity contribution is 7.91. The first-order valence-corrected chi connectivity index (χ1v) is 6.23. The fourth-order valence-electron chi connectivity index (χ4n) is 1.73. The van der Waals surface area contributed by atoms with Crippen molar-refractivity contribution in [3.8, 4) is 0 Å². The van der Waals surface area contributed by atoms with Gasteiger partial charge in [0.2, 0.25) is 0 Å². The SMILES string of the molecule is O=S1(=O)CCC(O)Cc2ccccc21. The lowest BCUT2D eigenvalue weighted by atomic mass is 10.1. The Morgan fingerprint density at radius 1 is 1.29 bits per heavy atom. The first-order valence-electron chi connectivity index (χ1n) is 4.58. The molecular formula is C10H12O3S. The molecule has 14 heavy (non-hydrogen) atoms. The third-order valence-corrected chi connectivity index (χ3v) is 4.32. The van der Waals surface area contributed by atoms with E-state index < -0.39 is 15.9 Å². The third kappa shape index (κ3) is 1.67. The van der Waals surface area contributed by atoms with E-state index in [9.17, 15) is 13.5 Å². The van der Waals surface area contributed by atoms with Gasteiger partial charge in [0, 0.05) is 0 Å². The van der Waals surface area contributed by atoms with E-state index in [2.05, 4.69) is 0 Å². The summed E-state index contributed by atoms with van der Waals surface area (Å²) in [6, 6.07) is 6.89. The molecule has 76 valence electrons. The van der Waals surface area contributed by atoms with E-state index in [1.54, 1.807) is 24.3 Å². The number of rotatable bonds is 0. The predicted molar refractivity (Wildman–Crippen MR) is 52.8 cm³/mol. The van der Waals surface area contributed by atoms with Crippen LogP contribution in [0.1, 0.15) is 12.0 Å². The largest absolute Gasteiger partial charge is 0.393 e. The Morgan fingerprint density at radius 2 is 2.00 bits per heavy atom. The number of sulfone groups is 1. The second-order valence-corrected chi connectivity index (χ2v) is 5.65. The summed E-state index contributed by atoms with van der Waals surface area (Å²) in [7, 11) is -3.17. The Bertz CT molecular complexity index is 436. The smallest absolute Gasteiger partial charge is 0.178 e. The summed E-state index contributed by atoms with van der Waals surface area (Å²) in [4.78, 5) is 0.386. The number of hydrogen-bond donors (Lipinski definition) is 1. The summed E-state index contributed by atoms with van der Waals surface area (Å²) < 4.78 is 23.5. The van der Waals surface area contributed by atoms with Gasteiger partial charge in [-0.1, -0.05) is 18.2 Å². The summed E-state index contributed by atoms with van der Waals surface area (Å²) in [6.45, 7) is 0. The molecule has 2 rings (SSSR count). The molecule has 1 unspecified atom stereocenters. The van der Waals surface area contributed by atoms with Crippen LogP contribution in [0.15, 0.2) is 29.2 Å². The van der Waals surface area contributed by atoms with Gasteiger partial charge in [0.05, 0.1) is 16.8 Å². The number of aliphatic hydroxyl groups excluding tert-OH is 1. The Hall–Kier alpha value is -0.870. The number of fused-ring (bicyclic) bond motifs is 1. The van der Waals surface area contributed by atoms with Crippen molar-refractivity contribution >= 4 is 9.84 Å². The Labute approximate surface area is 83.3 Å². The van der Waals surface area contributed by atoms with Crippen molar-refractivity contribution in [3.05, 3.63) is 29.8 Å². The fourth-order valence-corrected chi connectivity index (χ4v) is 3.37. The molecule has 0 saturated carbocycles. The van der Waals surface area contributed by atoms with Gasteiger partial charge in [-0.15, -0.1) is 0 Å². The first kappa shape index (κ1) is 9.68. The monoisotopic (exact) mass is 212 g/mol. The van der Waals surface area contributed by atoms with Crippen molar-refractivity contribution in [1.82, 2.24) is 0 Å². The average molecular weight is 212 g/mol. The summed E-state index contributed by atoms with van der Waals surface area (Å²) >= 11 is 0. The molecule has 0 spiro atoms. The molecule has 0 radical (unpaired) electrons. The zero-order valence-electron chi connectivity index (χ0n) is 7.68. The molecule has 0 aliphatic carbocycles. The van der Waals surface area contributed by atoms with Crippen molar-refractivity contribution in [2.45, 2.75) is 23.8 Å². The molecule has 0 saturated heterocycles. The van der Waals surface area contributed by atoms with Crippen molar-refractivity contribution in [2.75, 3.05) is 5.75 Å². The van der Waals surface area contributed by atoms with E-state index in [1.807, 2.05) is 0 Å². The lowest BCUT2D eigenvalue weighted by molar-refractivity contribution is 0.172. The van der Waals surface area contributed by atoms with Crippen molar-refractivity contribution in [1.29, 1.82) is 0 Å². The zero-order chi connectivity index (χ0) is 10.2. The van der Waals surface area contributed by atoms with Crippen LogP contribution in [0.2, 0.25) is 0 Å². The van der Waals surface area contributed by atoms with Gasteiger partial charge in [-0.3, -0.25) is 0 Å². The molecule has 0 bridgehead atoms. The molecule has 1 heterocycles. The minimum atomic E-state index is -3.17. The van der Waals surface area contributed by atoms with E-state index >= 15 is 0 Å². The van der Waals surface area contributed by atoms with E-state index in [0.29, 0.717) is 17.7 Å². The van der Waals surface area contributed by atoms with Gasteiger partial charge in [0.25, 0.3) is 0 Å². The molecule has 1 atom stereocenters. The Balaban J connectivity index is 2.58. The third-order valence-electron chi connectivity index (χ3n) is 2.48. The van der Waals surface area contributed by atoms with Gasteiger partial charge in [0.15, 0.2) is 9.84 Å². The molecule has 0 aromatic heterocycles. The Morgan fingerprint density at radius 3 is 2.79 bits per heavy atom. The van der Waals surface area contributed by atoms with E-state index in [4.69, 9.17) is 0 Å². The van der Waals surface area contributed by atoms with Crippen molar-refractivity contribution < 1.29 is 13.5 Å². The molecule has 1 aliphatic heterocycles. The normalized spacial score (nSPS) is 25.1. The fraction of sp³-hybridized carbons (Fsp3) is 0.400. The van der Waals surface area contributed by atoms with Crippen LogP contribution < -0.4 is 0 Å². The lowest BCUT2D eigenvalue weighted by Crippen LogP contribution is -2.11. The number of benzene rings is 1. The highest BCUT2D eigenvalue weighted by Gasteiger charge is 2.24.